The van der Waals surface area contributed by atoms with E-state index in [0.29, 0.717) is 24.8 Å². The Labute approximate surface area is 147 Å². The zero-order valence-corrected chi connectivity index (χ0v) is 14.0. The molecule has 1 aliphatic carbocycles. The van der Waals surface area contributed by atoms with Crippen LogP contribution in [0.25, 0.3) is 11.3 Å². The van der Waals surface area contributed by atoms with Crippen molar-refractivity contribution in [1.82, 2.24) is 9.97 Å². The molecule has 0 saturated heterocycles. The molecule has 1 atom stereocenters. The Bertz CT molecular complexity index is 864. The second kappa shape index (κ2) is 7.03. The van der Waals surface area contributed by atoms with Gasteiger partial charge in [0.15, 0.2) is 0 Å². The van der Waals surface area contributed by atoms with Gasteiger partial charge in [-0.15, -0.1) is 0 Å². The van der Waals surface area contributed by atoms with Gasteiger partial charge in [0, 0.05) is 30.8 Å². The van der Waals surface area contributed by atoms with Crippen LogP contribution in [0.5, 0.6) is 0 Å². The van der Waals surface area contributed by atoms with Crippen molar-refractivity contribution in [3.05, 3.63) is 77.5 Å². The molecule has 0 spiro atoms. The zero-order valence-electron chi connectivity index (χ0n) is 14.0. The maximum Gasteiger partial charge on any atom is 0.223 e. The molecule has 4 rings (SSSR count). The molecule has 4 heteroatoms. The van der Waals surface area contributed by atoms with E-state index in [1.54, 1.807) is 0 Å². The van der Waals surface area contributed by atoms with Gasteiger partial charge in [-0.2, -0.15) is 0 Å². The molecular weight excluding hydrogens is 310 g/mol. The molecule has 2 aromatic carbocycles. The predicted octanol–water partition coefficient (Wildman–Crippen LogP) is 3.63. The number of hydrogen-bond acceptors (Lipinski definition) is 4. The first-order chi connectivity index (χ1) is 12.4. The fourth-order valence-corrected chi connectivity index (χ4v) is 3.48. The van der Waals surface area contributed by atoms with Crippen LogP contribution in [-0.4, -0.2) is 28.2 Å². The maximum absolute atomic E-state index is 8.92. The second-order valence-electron chi connectivity index (χ2n) is 6.33. The van der Waals surface area contributed by atoms with Crippen LogP contribution in [0.15, 0.2) is 60.8 Å². The minimum absolute atomic E-state index is 0.166. The van der Waals surface area contributed by atoms with Crippen LogP contribution in [0.3, 0.4) is 0 Å². The van der Waals surface area contributed by atoms with Crippen molar-refractivity contribution in [2.45, 2.75) is 18.8 Å². The van der Waals surface area contributed by atoms with Crippen LogP contribution >= 0.6 is 0 Å². The largest absolute Gasteiger partial charge is 0.396 e. The molecule has 1 aliphatic rings. The second-order valence-corrected chi connectivity index (χ2v) is 6.33. The number of fused-ring (bicyclic) bond motifs is 3. The number of nitrogens with zero attached hydrogens (tertiary/aromatic N) is 2. The summed E-state index contributed by atoms with van der Waals surface area (Å²) in [5, 5.41) is 12.1. The van der Waals surface area contributed by atoms with Crippen LogP contribution in [0, 0.1) is 0 Å². The van der Waals surface area contributed by atoms with E-state index < -0.39 is 0 Å². The first kappa shape index (κ1) is 15.8. The molecule has 0 aliphatic heterocycles. The number of hydrogen-bond donors (Lipinski definition) is 2. The highest BCUT2D eigenvalue weighted by atomic mass is 16.3. The molecule has 2 N–H and O–H groups in total. The summed E-state index contributed by atoms with van der Waals surface area (Å²) in [5.41, 5.74) is 6.03. The van der Waals surface area contributed by atoms with Gasteiger partial charge in [0.25, 0.3) is 0 Å². The Morgan fingerprint density at radius 1 is 1.04 bits per heavy atom. The van der Waals surface area contributed by atoms with Crippen molar-refractivity contribution in [1.29, 1.82) is 0 Å². The van der Waals surface area contributed by atoms with Crippen molar-refractivity contribution in [2.75, 3.05) is 18.5 Å². The van der Waals surface area contributed by atoms with Crippen LogP contribution in [0.1, 0.15) is 29.0 Å². The molecule has 0 fully saturated rings. The lowest BCUT2D eigenvalue weighted by Crippen LogP contribution is -2.15. The maximum atomic E-state index is 8.92. The molecule has 0 saturated carbocycles. The summed E-state index contributed by atoms with van der Waals surface area (Å²) in [4.78, 5) is 9.21. The number of anilines is 1. The van der Waals surface area contributed by atoms with Gasteiger partial charge in [-0.1, -0.05) is 54.6 Å². The highest BCUT2D eigenvalue weighted by Gasteiger charge is 2.27. The lowest BCUT2D eigenvalue weighted by molar-refractivity contribution is 0.292. The van der Waals surface area contributed by atoms with E-state index in [-0.39, 0.29) is 6.61 Å². The number of rotatable bonds is 5. The molecule has 1 heterocycles. The summed E-state index contributed by atoms with van der Waals surface area (Å²) in [6, 6.07) is 19.1. The minimum atomic E-state index is 0.166. The van der Waals surface area contributed by atoms with Crippen LogP contribution < -0.4 is 5.32 Å². The lowest BCUT2D eigenvalue weighted by atomic mass is 9.78. The fraction of sp³-hybridized carbons (Fsp3) is 0.238. The number of aliphatic hydroxyl groups excluding tert-OH is 1. The van der Waals surface area contributed by atoms with Gasteiger partial charge < -0.3 is 10.4 Å². The predicted molar refractivity (Wildman–Crippen MR) is 99.6 cm³/mol. The monoisotopic (exact) mass is 331 g/mol. The van der Waals surface area contributed by atoms with Crippen molar-refractivity contribution in [3.8, 4) is 11.3 Å². The van der Waals surface area contributed by atoms with Gasteiger partial charge >= 0.3 is 0 Å². The summed E-state index contributed by atoms with van der Waals surface area (Å²) in [7, 11) is 0. The van der Waals surface area contributed by atoms with E-state index >= 15 is 0 Å². The summed E-state index contributed by atoms with van der Waals surface area (Å²) in [6.45, 7) is 0.836. The van der Waals surface area contributed by atoms with E-state index in [1.165, 1.54) is 22.3 Å². The molecule has 1 aromatic heterocycles. The summed E-state index contributed by atoms with van der Waals surface area (Å²) >= 11 is 0. The highest BCUT2D eigenvalue weighted by molar-refractivity contribution is 5.72. The Kier molecular flexibility index (Phi) is 4.44. The topological polar surface area (TPSA) is 58.0 Å². The average molecular weight is 331 g/mol. The molecule has 126 valence electrons. The first-order valence-corrected chi connectivity index (χ1v) is 8.71. The van der Waals surface area contributed by atoms with Crippen LogP contribution in [0.2, 0.25) is 0 Å². The number of nitrogens with one attached hydrogen (secondary N) is 1. The Morgan fingerprint density at radius 3 is 2.68 bits per heavy atom. The number of aromatic nitrogens is 2. The third-order valence-corrected chi connectivity index (χ3v) is 4.70. The van der Waals surface area contributed by atoms with Gasteiger partial charge in [0.2, 0.25) is 5.95 Å². The normalized spacial score (nSPS) is 15.3. The molecule has 25 heavy (non-hydrogen) atoms. The number of aliphatic hydroxyl groups is 1. The lowest BCUT2D eigenvalue weighted by Gasteiger charge is -2.27. The van der Waals surface area contributed by atoms with E-state index in [2.05, 4.69) is 64.9 Å². The number of benzene rings is 2. The van der Waals surface area contributed by atoms with Gasteiger partial charge in [-0.25, -0.2) is 9.97 Å². The molecule has 1 unspecified atom stereocenters. The quantitative estimate of drug-likeness (QED) is 0.701. The third-order valence-electron chi connectivity index (χ3n) is 4.70. The van der Waals surface area contributed by atoms with Gasteiger partial charge in [-0.05, 0) is 29.5 Å². The SMILES string of the molecule is OCCCNc1ncc2c(n1)-c1ccccc1C(c1ccccc1)C2. The zero-order chi connectivity index (χ0) is 17.1. The molecule has 0 amide bonds. The van der Waals surface area contributed by atoms with Crippen LogP contribution in [-0.2, 0) is 6.42 Å². The van der Waals surface area contributed by atoms with E-state index in [0.717, 1.165) is 12.1 Å². The highest BCUT2D eigenvalue weighted by Crippen LogP contribution is 2.41. The van der Waals surface area contributed by atoms with Crippen LogP contribution in [0.4, 0.5) is 5.95 Å². The van der Waals surface area contributed by atoms with E-state index in [4.69, 9.17) is 10.1 Å². The average Bonchev–Trinajstić information content (AvgIpc) is 2.68. The Hall–Kier alpha value is -2.72. The smallest absolute Gasteiger partial charge is 0.223 e. The Balaban J connectivity index is 1.73. The minimum Gasteiger partial charge on any atom is -0.396 e. The standard InChI is InChI=1S/C21H21N3O/c25-12-6-11-22-21-23-14-16-13-19(15-7-2-1-3-8-15)17-9-4-5-10-18(17)20(16)24-21/h1-5,7-10,14,19,25H,6,11-13H2,(H,22,23,24). The van der Waals surface area contributed by atoms with E-state index in [1.807, 2.05) is 6.20 Å². The summed E-state index contributed by atoms with van der Waals surface area (Å²) < 4.78 is 0. The Morgan fingerprint density at radius 2 is 1.84 bits per heavy atom. The fourth-order valence-electron chi connectivity index (χ4n) is 3.48. The first-order valence-electron chi connectivity index (χ1n) is 8.71. The van der Waals surface area contributed by atoms with Gasteiger partial charge in [0.05, 0.1) is 5.69 Å². The summed E-state index contributed by atoms with van der Waals surface area (Å²) in [6.07, 6.45) is 3.54. The van der Waals surface area contributed by atoms with Crippen molar-refractivity contribution in [3.63, 3.8) is 0 Å². The molecule has 3 aromatic rings. The van der Waals surface area contributed by atoms with Crippen molar-refractivity contribution < 1.29 is 5.11 Å². The van der Waals surface area contributed by atoms with E-state index in [9.17, 15) is 0 Å². The van der Waals surface area contributed by atoms with Gasteiger partial charge in [-0.3, -0.25) is 0 Å². The van der Waals surface area contributed by atoms with Gasteiger partial charge in [0.1, 0.15) is 0 Å². The summed E-state index contributed by atoms with van der Waals surface area (Å²) in [5.74, 6) is 0.960. The molecule has 0 radical (unpaired) electrons. The van der Waals surface area contributed by atoms with Crippen molar-refractivity contribution in [2.24, 2.45) is 0 Å². The third kappa shape index (κ3) is 3.13. The van der Waals surface area contributed by atoms with Crippen molar-refractivity contribution >= 4 is 5.95 Å². The molecular formula is C21H21N3O. The molecule has 0 bridgehead atoms. The molecule has 4 nitrogen and oxygen atoms in total.